The molecule has 0 aromatic carbocycles. The maximum Gasteiger partial charge on any atom is 0.161 e. The van der Waals surface area contributed by atoms with Crippen LogP contribution < -0.4 is 5.73 Å². The van der Waals surface area contributed by atoms with Crippen molar-refractivity contribution in [2.45, 2.75) is 40.1 Å². The average Bonchev–Trinajstić information content (AvgIpc) is 3.20. The predicted octanol–water partition coefficient (Wildman–Crippen LogP) is -1.47. The first-order valence-electron chi connectivity index (χ1n) is 9.71. The van der Waals surface area contributed by atoms with Crippen molar-refractivity contribution in [1.82, 2.24) is 19.7 Å². The van der Waals surface area contributed by atoms with Gasteiger partial charge in [-0.05, 0) is 5.92 Å². The van der Waals surface area contributed by atoms with Gasteiger partial charge in [0.25, 0.3) is 0 Å². The zero-order valence-electron chi connectivity index (χ0n) is 18.1. The lowest BCUT2D eigenvalue weighted by Gasteiger charge is -2.51. The van der Waals surface area contributed by atoms with Crippen LogP contribution >= 0.6 is 0 Å². The van der Waals surface area contributed by atoms with E-state index >= 15 is 0 Å². The van der Waals surface area contributed by atoms with Gasteiger partial charge in [-0.3, -0.25) is 4.68 Å². The molecule has 0 amide bonds. The van der Waals surface area contributed by atoms with Crippen LogP contribution in [0.1, 0.15) is 5.56 Å². The van der Waals surface area contributed by atoms with Crippen molar-refractivity contribution >= 4 is 68.6 Å². The maximum atomic E-state index is 6.25. The Balaban J connectivity index is 1.95. The molecular weight excluding hydrogens is 393 g/mol. The lowest BCUT2D eigenvalue weighted by molar-refractivity contribution is -0.100. The first-order valence-corrected chi connectivity index (χ1v) is 9.71. The molecule has 16 radical (unpaired) electrons. The summed E-state index contributed by atoms with van der Waals surface area (Å²) < 4.78 is 12.1. The van der Waals surface area contributed by atoms with E-state index in [4.69, 9.17) is 78.0 Å². The number of anilines is 1. The van der Waals surface area contributed by atoms with E-state index in [1.165, 1.54) is 25.2 Å². The van der Waals surface area contributed by atoms with Gasteiger partial charge < -0.3 is 15.2 Å². The van der Waals surface area contributed by atoms with Crippen LogP contribution in [-0.4, -0.2) is 103 Å². The zero-order chi connectivity index (χ0) is 24.1. The van der Waals surface area contributed by atoms with E-state index in [0.717, 1.165) is 0 Å². The molecular formula is C17H17B8N5O2. The third kappa shape index (κ3) is 3.69. The van der Waals surface area contributed by atoms with Crippen LogP contribution in [0.4, 0.5) is 5.82 Å². The minimum Gasteiger partial charge on any atom is -0.383 e. The van der Waals surface area contributed by atoms with E-state index in [1.54, 1.807) is 12.4 Å². The molecule has 0 unspecified atom stereocenters. The van der Waals surface area contributed by atoms with Crippen molar-refractivity contribution in [3.8, 4) is 11.3 Å². The van der Waals surface area contributed by atoms with Gasteiger partial charge in [0.15, 0.2) is 6.29 Å². The van der Waals surface area contributed by atoms with Gasteiger partial charge in [0.1, 0.15) is 12.1 Å². The molecule has 0 spiro atoms. The number of rotatable bonds is 7. The third-order valence-electron chi connectivity index (χ3n) is 6.42. The number of methoxy groups -OCH3 is 2. The van der Waals surface area contributed by atoms with Crippen molar-refractivity contribution in [2.75, 3.05) is 20.0 Å². The van der Waals surface area contributed by atoms with Gasteiger partial charge in [-0.25, -0.2) is 9.97 Å². The first kappa shape index (κ1) is 25.2. The molecule has 2 N–H and O–H groups in total. The fourth-order valence-corrected chi connectivity index (χ4v) is 4.07. The van der Waals surface area contributed by atoms with Crippen molar-refractivity contribution in [3.63, 3.8) is 0 Å². The lowest BCUT2D eigenvalue weighted by atomic mass is 9.17. The second-order valence-electron chi connectivity index (χ2n) is 8.30. The molecule has 146 valence electrons. The van der Waals surface area contributed by atoms with Crippen molar-refractivity contribution in [3.05, 3.63) is 24.3 Å². The zero-order valence-corrected chi connectivity index (χ0v) is 18.1. The van der Waals surface area contributed by atoms with E-state index in [0.29, 0.717) is 23.2 Å². The molecule has 1 aliphatic rings. The van der Waals surface area contributed by atoms with Crippen molar-refractivity contribution in [2.24, 2.45) is 5.92 Å². The third-order valence-corrected chi connectivity index (χ3v) is 6.42. The summed E-state index contributed by atoms with van der Waals surface area (Å²) in [6.45, 7) is 0.0287. The number of nitrogen functional groups attached to an aromatic ring is 1. The Morgan fingerprint density at radius 1 is 1.00 bits per heavy atom. The van der Waals surface area contributed by atoms with E-state index in [-0.39, 0.29) is 12.4 Å². The summed E-state index contributed by atoms with van der Waals surface area (Å²) in [5.41, 5.74) is 7.89. The normalized spacial score (nSPS) is 21.1. The van der Waals surface area contributed by atoms with Gasteiger partial charge in [0.05, 0.1) is 74.7 Å². The fourth-order valence-electron chi connectivity index (χ4n) is 4.07. The number of nitrogens with two attached hydrogens (primary N) is 1. The average molecular weight is 410 g/mol. The predicted molar refractivity (Wildman–Crippen MR) is 129 cm³/mol. The van der Waals surface area contributed by atoms with E-state index in [2.05, 4.69) is 15.1 Å². The molecule has 0 bridgehead atoms. The van der Waals surface area contributed by atoms with Crippen LogP contribution in [-0.2, 0) is 22.4 Å². The van der Waals surface area contributed by atoms with Crippen LogP contribution in [0.2, 0.25) is 20.9 Å². The Morgan fingerprint density at radius 2 is 1.56 bits per heavy atom. The highest BCUT2D eigenvalue weighted by Crippen LogP contribution is 2.78. The van der Waals surface area contributed by atoms with Gasteiger partial charge in [-0.15, -0.1) is 20.9 Å². The fraction of sp³-hybridized carbons (Fsp3) is 0.588. The molecule has 32 heavy (non-hydrogen) atoms. The van der Waals surface area contributed by atoms with Crippen LogP contribution in [0.25, 0.3) is 11.3 Å². The molecule has 3 rings (SSSR count). The number of nitrogens with zero attached hydrogens (tertiary/aromatic N) is 4. The highest BCUT2D eigenvalue weighted by atomic mass is 16.7. The van der Waals surface area contributed by atoms with Gasteiger partial charge in [0, 0.05) is 44.5 Å². The van der Waals surface area contributed by atoms with Crippen molar-refractivity contribution in [1.29, 1.82) is 0 Å². The number of aromatic nitrogens is 4. The standard InChI is InChI=1S/C17H17B8N5O2/c1-31-11(32-2)3-9-12(27-7-28-13(9)26)8-4-29-30(5-8)6-10-14(18,19)16(22,23)17(24,25)15(10,20)21/h4-5,7,10-11H,3,6H2,1-2H3,(H2,26,27,28). The summed E-state index contributed by atoms with van der Waals surface area (Å²) in [6, 6.07) is 0. The summed E-state index contributed by atoms with van der Waals surface area (Å²) in [5.74, 6) is -0.648. The van der Waals surface area contributed by atoms with Crippen LogP contribution in [0.15, 0.2) is 18.7 Å². The Bertz CT molecular complexity index is 954. The molecule has 1 fully saturated rings. The Labute approximate surface area is 199 Å². The monoisotopic (exact) mass is 411 g/mol. The highest BCUT2D eigenvalue weighted by molar-refractivity contribution is 6.68. The summed E-state index contributed by atoms with van der Waals surface area (Å²) in [6.07, 6.45) is 4.40. The van der Waals surface area contributed by atoms with E-state index < -0.39 is 33.1 Å². The Hall–Kier alpha value is -1.47. The minimum atomic E-state index is -1.96. The Kier molecular flexibility index (Phi) is 6.59. The van der Waals surface area contributed by atoms with Gasteiger partial charge in [0.2, 0.25) is 0 Å². The highest BCUT2D eigenvalue weighted by Gasteiger charge is 2.63. The quantitative estimate of drug-likeness (QED) is 0.443. The van der Waals surface area contributed by atoms with Crippen LogP contribution in [0.3, 0.4) is 0 Å². The maximum absolute atomic E-state index is 6.25. The van der Waals surface area contributed by atoms with Gasteiger partial charge in [-0.2, -0.15) is 5.10 Å². The summed E-state index contributed by atoms with van der Waals surface area (Å²) in [7, 11) is 52.4. The topological polar surface area (TPSA) is 88.1 Å². The second-order valence-corrected chi connectivity index (χ2v) is 8.30. The second kappa shape index (κ2) is 8.39. The Morgan fingerprint density at radius 3 is 2.09 bits per heavy atom. The van der Waals surface area contributed by atoms with Crippen molar-refractivity contribution < 1.29 is 9.47 Å². The molecule has 2 aromatic rings. The molecule has 15 heteroatoms. The molecule has 0 aliphatic heterocycles. The molecule has 2 aromatic heterocycles. The number of ether oxygens (including phenoxy) is 2. The summed E-state index contributed by atoms with van der Waals surface area (Å²) in [4.78, 5) is 8.40. The molecule has 1 aliphatic carbocycles. The SMILES string of the molecule is [B]C1([B])C(Cn2cc(-c3ncnc(N)c3CC(OC)OC)cn2)C([B])([B])C([B])([B])C1([B])[B]. The van der Waals surface area contributed by atoms with E-state index in [9.17, 15) is 0 Å². The molecule has 7 nitrogen and oxygen atoms in total. The first-order chi connectivity index (χ1) is 14.7. The minimum absolute atomic E-state index is 0.0287. The number of hydrogen-bond donors (Lipinski definition) is 1. The molecule has 2 heterocycles. The van der Waals surface area contributed by atoms with Gasteiger partial charge >= 0.3 is 0 Å². The van der Waals surface area contributed by atoms with Gasteiger partial charge in [-0.1, -0.05) is 0 Å². The van der Waals surface area contributed by atoms with Crippen LogP contribution in [0.5, 0.6) is 0 Å². The largest absolute Gasteiger partial charge is 0.383 e. The summed E-state index contributed by atoms with van der Waals surface area (Å²) >= 11 is 0. The van der Waals surface area contributed by atoms with E-state index in [1.807, 2.05) is 0 Å². The molecule has 0 saturated heterocycles. The molecule has 0 atom stereocenters. The molecule has 1 saturated carbocycles. The van der Waals surface area contributed by atoms with Crippen LogP contribution in [0, 0.1) is 5.92 Å². The number of hydrogen-bond acceptors (Lipinski definition) is 6. The smallest absolute Gasteiger partial charge is 0.161 e. The summed E-state index contributed by atoms with van der Waals surface area (Å²) in [5, 5.41) is -3.20. The lowest BCUT2D eigenvalue weighted by Crippen LogP contribution is -2.39.